The molecule has 8 nitrogen and oxygen atoms in total. The van der Waals surface area contributed by atoms with Gasteiger partial charge in [0.25, 0.3) is 5.91 Å². The van der Waals surface area contributed by atoms with E-state index in [-0.39, 0.29) is 5.91 Å². The molecule has 4 N–H and O–H groups in total. The maximum absolute atomic E-state index is 12.7. The molecule has 1 fully saturated rings. The lowest BCUT2D eigenvalue weighted by atomic mass is 10.0. The van der Waals surface area contributed by atoms with Crippen molar-refractivity contribution in [2.24, 2.45) is 0 Å². The Kier molecular flexibility index (Phi) is 4.91. The van der Waals surface area contributed by atoms with Crippen molar-refractivity contribution >= 4 is 28.3 Å². The number of carbonyl (C=O) groups excluding carboxylic acids is 1. The van der Waals surface area contributed by atoms with Gasteiger partial charge in [-0.1, -0.05) is 12.1 Å². The van der Waals surface area contributed by atoms with Crippen LogP contribution in [0.2, 0.25) is 0 Å². The van der Waals surface area contributed by atoms with E-state index in [9.17, 15) is 4.79 Å². The number of nitrogens with one attached hydrogen (secondary N) is 4. The van der Waals surface area contributed by atoms with Gasteiger partial charge in [-0.2, -0.15) is 5.10 Å². The maximum Gasteiger partial charge on any atom is 0.276 e. The number of aromatic amines is 2. The molecule has 1 saturated heterocycles. The molecule has 1 amide bonds. The highest BCUT2D eigenvalue weighted by atomic mass is 16.1. The maximum atomic E-state index is 12.7. The van der Waals surface area contributed by atoms with Crippen LogP contribution in [0.3, 0.4) is 0 Å². The molecule has 31 heavy (non-hydrogen) atoms. The third kappa shape index (κ3) is 3.66. The Hall–Kier alpha value is -3.65. The summed E-state index contributed by atoms with van der Waals surface area (Å²) in [6.45, 7) is 7.78. The minimum absolute atomic E-state index is 0.249. The van der Waals surface area contributed by atoms with Crippen molar-refractivity contribution in [3.05, 3.63) is 59.7 Å². The van der Waals surface area contributed by atoms with Crippen LogP contribution in [0.1, 0.15) is 21.7 Å². The quantitative estimate of drug-likeness (QED) is 0.410. The summed E-state index contributed by atoms with van der Waals surface area (Å²) in [7, 11) is 0. The summed E-state index contributed by atoms with van der Waals surface area (Å²) in [4.78, 5) is 22.8. The van der Waals surface area contributed by atoms with E-state index in [4.69, 9.17) is 0 Å². The predicted octanol–water partition coefficient (Wildman–Crippen LogP) is 3.23. The van der Waals surface area contributed by atoms with Gasteiger partial charge in [0, 0.05) is 60.3 Å². The van der Waals surface area contributed by atoms with Crippen molar-refractivity contribution in [3.8, 4) is 11.1 Å². The highest BCUT2D eigenvalue weighted by Crippen LogP contribution is 2.32. The van der Waals surface area contributed by atoms with E-state index in [0.717, 1.165) is 59.6 Å². The summed E-state index contributed by atoms with van der Waals surface area (Å²) in [6.07, 6.45) is 3.63. The molecule has 0 radical (unpaired) electrons. The van der Waals surface area contributed by atoms with Gasteiger partial charge in [-0.15, -0.1) is 0 Å². The number of amides is 1. The Morgan fingerprint density at radius 3 is 2.77 bits per heavy atom. The van der Waals surface area contributed by atoms with Crippen LogP contribution in [0.15, 0.2) is 42.7 Å². The molecule has 0 aliphatic carbocycles. The number of carbonyl (C=O) groups is 1. The molecule has 0 bridgehead atoms. The van der Waals surface area contributed by atoms with E-state index in [1.54, 1.807) is 6.20 Å². The van der Waals surface area contributed by atoms with Crippen LogP contribution < -0.4 is 15.5 Å². The first-order chi connectivity index (χ1) is 15.1. The fourth-order valence-electron chi connectivity index (χ4n) is 4.00. The lowest BCUT2D eigenvalue weighted by Gasteiger charge is -2.29. The molecule has 0 atom stereocenters. The van der Waals surface area contributed by atoms with Gasteiger partial charge in [-0.25, -0.2) is 4.98 Å². The van der Waals surface area contributed by atoms with Crippen molar-refractivity contribution in [1.82, 2.24) is 25.5 Å². The number of aromatic nitrogens is 4. The van der Waals surface area contributed by atoms with Gasteiger partial charge in [-0.05, 0) is 37.6 Å². The van der Waals surface area contributed by atoms with Crippen LogP contribution in [0.5, 0.6) is 0 Å². The zero-order chi connectivity index (χ0) is 21.4. The summed E-state index contributed by atoms with van der Waals surface area (Å²) in [5.74, 6) is -0.249. The number of rotatable bonds is 4. The predicted molar refractivity (Wildman–Crippen MR) is 123 cm³/mol. The van der Waals surface area contributed by atoms with Crippen LogP contribution in [0.4, 0.5) is 11.4 Å². The molecule has 4 heterocycles. The second kappa shape index (κ2) is 7.88. The molecule has 0 saturated carbocycles. The van der Waals surface area contributed by atoms with Crippen molar-refractivity contribution in [1.29, 1.82) is 0 Å². The highest BCUT2D eigenvalue weighted by Gasteiger charge is 2.16. The van der Waals surface area contributed by atoms with Gasteiger partial charge >= 0.3 is 0 Å². The number of benzene rings is 1. The summed E-state index contributed by atoms with van der Waals surface area (Å²) < 4.78 is 0. The third-order valence-electron chi connectivity index (χ3n) is 5.90. The molecule has 0 unspecified atom stereocenters. The second-order valence-electron chi connectivity index (χ2n) is 7.89. The van der Waals surface area contributed by atoms with Crippen LogP contribution >= 0.6 is 0 Å². The molecule has 0 spiro atoms. The topological polar surface area (TPSA) is 102 Å². The molecule has 1 aliphatic rings. The van der Waals surface area contributed by atoms with E-state index in [1.165, 1.54) is 5.69 Å². The average Bonchev–Trinajstić information content (AvgIpc) is 3.37. The van der Waals surface area contributed by atoms with Crippen molar-refractivity contribution in [3.63, 3.8) is 0 Å². The molecule has 158 valence electrons. The largest absolute Gasteiger partial charge is 0.369 e. The Balaban J connectivity index is 1.45. The summed E-state index contributed by atoms with van der Waals surface area (Å²) in [5.41, 5.74) is 6.94. The number of H-pyrrole nitrogens is 2. The molecule has 3 aromatic heterocycles. The summed E-state index contributed by atoms with van der Waals surface area (Å²) in [5, 5.41) is 14.2. The Labute approximate surface area is 180 Å². The van der Waals surface area contributed by atoms with Gasteiger partial charge in [0.15, 0.2) is 5.69 Å². The fourth-order valence-corrected chi connectivity index (χ4v) is 4.00. The molecule has 1 aliphatic heterocycles. The Morgan fingerprint density at radius 1 is 1.16 bits per heavy atom. The Morgan fingerprint density at radius 2 is 2.00 bits per heavy atom. The zero-order valence-electron chi connectivity index (χ0n) is 17.6. The van der Waals surface area contributed by atoms with Crippen molar-refractivity contribution in [2.75, 3.05) is 36.4 Å². The van der Waals surface area contributed by atoms with Crippen LogP contribution in [-0.2, 0) is 0 Å². The molecule has 8 heteroatoms. The van der Waals surface area contributed by atoms with E-state index >= 15 is 0 Å². The smallest absolute Gasteiger partial charge is 0.276 e. The van der Waals surface area contributed by atoms with Gasteiger partial charge in [0.05, 0.1) is 11.9 Å². The van der Waals surface area contributed by atoms with Crippen LogP contribution in [0, 0.1) is 13.8 Å². The van der Waals surface area contributed by atoms with E-state index in [2.05, 4.69) is 60.0 Å². The number of nitrogens with zero attached hydrogens (tertiary/aromatic N) is 3. The van der Waals surface area contributed by atoms with E-state index in [0.29, 0.717) is 11.4 Å². The molecular formula is C23H25N7O. The molecular weight excluding hydrogens is 390 g/mol. The first kappa shape index (κ1) is 19.3. The van der Waals surface area contributed by atoms with Gasteiger partial charge in [0.1, 0.15) is 5.65 Å². The molecule has 4 aromatic rings. The average molecular weight is 416 g/mol. The van der Waals surface area contributed by atoms with Gasteiger partial charge in [-0.3, -0.25) is 9.89 Å². The molecule has 5 rings (SSSR count). The second-order valence-corrected chi connectivity index (χ2v) is 7.89. The van der Waals surface area contributed by atoms with Gasteiger partial charge < -0.3 is 20.5 Å². The number of aryl methyl sites for hydroxylation is 1. The van der Waals surface area contributed by atoms with Crippen LogP contribution in [-0.4, -0.2) is 52.3 Å². The summed E-state index contributed by atoms with van der Waals surface area (Å²) in [6, 6.07) is 10.5. The first-order valence-electron chi connectivity index (χ1n) is 10.5. The zero-order valence-corrected chi connectivity index (χ0v) is 17.6. The minimum Gasteiger partial charge on any atom is -0.369 e. The monoisotopic (exact) mass is 415 g/mol. The normalized spacial score (nSPS) is 14.2. The number of hydrogen-bond donors (Lipinski definition) is 4. The first-order valence-corrected chi connectivity index (χ1v) is 10.5. The van der Waals surface area contributed by atoms with E-state index in [1.807, 2.05) is 26.1 Å². The lowest BCUT2D eigenvalue weighted by molar-refractivity contribution is 0.102. The van der Waals surface area contributed by atoms with Crippen LogP contribution in [0.25, 0.3) is 22.2 Å². The van der Waals surface area contributed by atoms with Crippen molar-refractivity contribution in [2.45, 2.75) is 13.8 Å². The summed E-state index contributed by atoms with van der Waals surface area (Å²) >= 11 is 0. The van der Waals surface area contributed by atoms with E-state index < -0.39 is 0 Å². The number of hydrogen-bond acceptors (Lipinski definition) is 5. The lowest BCUT2D eigenvalue weighted by Crippen LogP contribution is -2.43. The number of pyridine rings is 1. The Bertz CT molecular complexity index is 1250. The fraction of sp³-hybridized carbons (Fsp3) is 0.261. The van der Waals surface area contributed by atoms with Crippen molar-refractivity contribution < 1.29 is 4.79 Å². The third-order valence-corrected chi connectivity index (χ3v) is 5.90. The minimum atomic E-state index is -0.249. The number of anilines is 2. The molecule has 1 aromatic carbocycles. The SMILES string of the molecule is Cc1[nH]nc(C(=O)Nc2cnc3[nH]cc(-c4cccc(N5CCNCC5)c4)c3c2)c1C. The number of piperazine rings is 1. The van der Waals surface area contributed by atoms with Gasteiger partial charge in [0.2, 0.25) is 0 Å². The standard InChI is InChI=1S/C23H25N7O/c1-14-15(2)28-29-21(14)23(31)27-17-11-19-20(13-26-22(19)25-12-17)16-4-3-5-18(10-16)30-8-6-24-7-9-30/h3-5,10-13,24H,6-9H2,1-2H3,(H,25,26)(H,27,31)(H,28,29). The highest BCUT2D eigenvalue weighted by molar-refractivity contribution is 6.05. The number of fused-ring (bicyclic) bond motifs is 1.